The van der Waals surface area contributed by atoms with Crippen molar-refractivity contribution in [3.05, 3.63) is 18.7 Å². The van der Waals surface area contributed by atoms with Gasteiger partial charge in [0.25, 0.3) is 0 Å². The number of aromatic nitrogens is 2. The average Bonchev–Trinajstić information content (AvgIpc) is 3.30. The van der Waals surface area contributed by atoms with E-state index in [-0.39, 0.29) is 18.2 Å². The molecular formula is C16H26N4O3. The second-order valence-electron chi connectivity index (χ2n) is 6.21. The summed E-state index contributed by atoms with van der Waals surface area (Å²) in [5.41, 5.74) is 0. The number of carbonyl (C=O) groups excluding carboxylic acids is 1. The van der Waals surface area contributed by atoms with Crippen LogP contribution < -0.4 is 5.32 Å². The van der Waals surface area contributed by atoms with Crippen LogP contribution in [0.5, 0.6) is 0 Å². The van der Waals surface area contributed by atoms with Gasteiger partial charge in [-0.1, -0.05) is 0 Å². The highest BCUT2D eigenvalue weighted by Crippen LogP contribution is 2.17. The highest BCUT2D eigenvalue weighted by Gasteiger charge is 2.26. The minimum atomic E-state index is -0.0314. The van der Waals surface area contributed by atoms with Crippen LogP contribution in [0, 0.1) is 0 Å². The number of nitrogens with one attached hydrogen (secondary N) is 1. The Morgan fingerprint density at radius 3 is 2.43 bits per heavy atom. The first-order chi connectivity index (χ1) is 11.3. The highest BCUT2D eigenvalue weighted by molar-refractivity contribution is 5.74. The molecule has 2 amide bonds. The SMILES string of the molecule is O=C(NCCn1ccnc1)N(CC1CCCO1)CC1CCCO1. The van der Waals surface area contributed by atoms with E-state index in [1.54, 1.807) is 12.5 Å². The van der Waals surface area contributed by atoms with Crippen LogP contribution in [0.3, 0.4) is 0 Å². The molecule has 23 heavy (non-hydrogen) atoms. The van der Waals surface area contributed by atoms with Gasteiger partial charge in [-0.25, -0.2) is 9.78 Å². The first-order valence-electron chi connectivity index (χ1n) is 8.53. The molecule has 0 radical (unpaired) electrons. The number of imidazole rings is 1. The Labute approximate surface area is 137 Å². The fraction of sp³-hybridized carbons (Fsp3) is 0.750. The molecule has 7 nitrogen and oxygen atoms in total. The van der Waals surface area contributed by atoms with Crippen LogP contribution in [0.4, 0.5) is 4.79 Å². The van der Waals surface area contributed by atoms with Crippen molar-refractivity contribution in [3.8, 4) is 0 Å². The molecular weight excluding hydrogens is 296 g/mol. The lowest BCUT2D eigenvalue weighted by molar-refractivity contribution is 0.0498. The summed E-state index contributed by atoms with van der Waals surface area (Å²) in [4.78, 5) is 18.4. The molecule has 0 aliphatic carbocycles. The van der Waals surface area contributed by atoms with E-state index in [1.165, 1.54) is 0 Å². The lowest BCUT2D eigenvalue weighted by Crippen LogP contribution is -2.47. The number of ether oxygens (including phenoxy) is 2. The largest absolute Gasteiger partial charge is 0.376 e. The Bertz CT molecular complexity index is 450. The molecule has 1 aromatic rings. The Balaban J connectivity index is 1.48. The zero-order chi connectivity index (χ0) is 15.9. The van der Waals surface area contributed by atoms with Crippen LogP contribution in [-0.2, 0) is 16.0 Å². The summed E-state index contributed by atoms with van der Waals surface area (Å²) in [6.45, 7) is 4.22. The Morgan fingerprint density at radius 2 is 1.91 bits per heavy atom. The predicted molar refractivity (Wildman–Crippen MR) is 85.1 cm³/mol. The molecule has 128 valence electrons. The summed E-state index contributed by atoms with van der Waals surface area (Å²) in [5.74, 6) is 0. The van der Waals surface area contributed by atoms with Gasteiger partial charge in [-0.3, -0.25) is 0 Å². The second-order valence-corrected chi connectivity index (χ2v) is 6.21. The number of amides is 2. The summed E-state index contributed by atoms with van der Waals surface area (Å²) < 4.78 is 13.3. The van der Waals surface area contributed by atoms with Crippen LogP contribution in [-0.4, -0.2) is 65.5 Å². The molecule has 2 unspecified atom stereocenters. The Hall–Kier alpha value is -1.60. The van der Waals surface area contributed by atoms with Crippen molar-refractivity contribution in [3.63, 3.8) is 0 Å². The summed E-state index contributed by atoms with van der Waals surface area (Å²) >= 11 is 0. The highest BCUT2D eigenvalue weighted by atomic mass is 16.5. The summed E-state index contributed by atoms with van der Waals surface area (Å²) in [5, 5.41) is 3.00. The molecule has 2 aliphatic heterocycles. The smallest absolute Gasteiger partial charge is 0.317 e. The number of urea groups is 1. The third kappa shape index (κ3) is 4.94. The van der Waals surface area contributed by atoms with Crippen molar-refractivity contribution in [1.29, 1.82) is 0 Å². The maximum atomic E-state index is 12.5. The maximum Gasteiger partial charge on any atom is 0.317 e. The van der Waals surface area contributed by atoms with Gasteiger partial charge in [0.1, 0.15) is 0 Å². The molecule has 1 aromatic heterocycles. The van der Waals surface area contributed by atoms with E-state index >= 15 is 0 Å². The molecule has 3 rings (SSSR count). The summed E-state index contributed by atoms with van der Waals surface area (Å²) in [6.07, 6.45) is 9.94. The number of carbonyl (C=O) groups is 1. The molecule has 2 fully saturated rings. The van der Waals surface area contributed by atoms with Crippen molar-refractivity contribution in [2.24, 2.45) is 0 Å². The van der Waals surface area contributed by atoms with Crippen molar-refractivity contribution in [1.82, 2.24) is 19.8 Å². The molecule has 3 heterocycles. The van der Waals surface area contributed by atoms with Crippen LogP contribution in [0.25, 0.3) is 0 Å². The zero-order valence-corrected chi connectivity index (χ0v) is 13.5. The number of hydrogen-bond acceptors (Lipinski definition) is 4. The zero-order valence-electron chi connectivity index (χ0n) is 13.5. The van der Waals surface area contributed by atoms with Crippen molar-refractivity contribution >= 4 is 6.03 Å². The van der Waals surface area contributed by atoms with Gasteiger partial charge in [-0.15, -0.1) is 0 Å². The second kappa shape index (κ2) is 8.31. The fourth-order valence-electron chi connectivity index (χ4n) is 3.13. The van der Waals surface area contributed by atoms with Gasteiger partial charge in [0, 0.05) is 51.8 Å². The first-order valence-corrected chi connectivity index (χ1v) is 8.53. The van der Waals surface area contributed by atoms with E-state index in [9.17, 15) is 4.79 Å². The Kier molecular flexibility index (Phi) is 5.87. The van der Waals surface area contributed by atoms with E-state index in [0.717, 1.165) is 45.4 Å². The van der Waals surface area contributed by atoms with Crippen LogP contribution in [0.15, 0.2) is 18.7 Å². The third-order valence-corrected chi connectivity index (χ3v) is 4.39. The molecule has 0 saturated carbocycles. The minimum Gasteiger partial charge on any atom is -0.376 e. The molecule has 7 heteroatoms. The first kappa shape index (κ1) is 16.3. The minimum absolute atomic E-state index is 0.0314. The molecule has 0 aromatic carbocycles. The lowest BCUT2D eigenvalue weighted by atomic mass is 10.2. The average molecular weight is 322 g/mol. The monoisotopic (exact) mass is 322 g/mol. The predicted octanol–water partition coefficient (Wildman–Crippen LogP) is 1.25. The van der Waals surface area contributed by atoms with E-state index in [0.29, 0.717) is 19.6 Å². The van der Waals surface area contributed by atoms with Crippen molar-refractivity contribution in [2.45, 2.75) is 44.4 Å². The van der Waals surface area contributed by atoms with Gasteiger partial charge in [-0.2, -0.15) is 0 Å². The molecule has 2 aliphatic rings. The van der Waals surface area contributed by atoms with Gasteiger partial charge in [-0.05, 0) is 25.7 Å². The van der Waals surface area contributed by atoms with Crippen LogP contribution in [0.1, 0.15) is 25.7 Å². The van der Waals surface area contributed by atoms with E-state index in [2.05, 4.69) is 10.3 Å². The summed E-state index contributed by atoms with van der Waals surface area (Å²) in [7, 11) is 0. The van der Waals surface area contributed by atoms with Gasteiger partial charge in [0.2, 0.25) is 0 Å². The number of hydrogen-bond donors (Lipinski definition) is 1. The topological polar surface area (TPSA) is 68.6 Å². The van der Waals surface area contributed by atoms with E-state index in [1.807, 2.05) is 15.7 Å². The van der Waals surface area contributed by atoms with Crippen LogP contribution in [0.2, 0.25) is 0 Å². The quantitative estimate of drug-likeness (QED) is 0.820. The normalized spacial score (nSPS) is 24.0. The van der Waals surface area contributed by atoms with E-state index < -0.39 is 0 Å². The van der Waals surface area contributed by atoms with Crippen molar-refractivity contribution in [2.75, 3.05) is 32.8 Å². The van der Waals surface area contributed by atoms with Gasteiger partial charge in [0.15, 0.2) is 0 Å². The molecule has 0 spiro atoms. The van der Waals surface area contributed by atoms with Crippen LogP contribution >= 0.6 is 0 Å². The third-order valence-electron chi connectivity index (χ3n) is 4.39. The summed E-state index contributed by atoms with van der Waals surface area (Å²) in [6, 6.07) is -0.0314. The number of rotatable bonds is 7. The van der Waals surface area contributed by atoms with E-state index in [4.69, 9.17) is 9.47 Å². The number of nitrogens with zero attached hydrogens (tertiary/aromatic N) is 3. The molecule has 2 saturated heterocycles. The molecule has 0 bridgehead atoms. The maximum absolute atomic E-state index is 12.5. The fourth-order valence-corrected chi connectivity index (χ4v) is 3.13. The van der Waals surface area contributed by atoms with Crippen molar-refractivity contribution < 1.29 is 14.3 Å². The van der Waals surface area contributed by atoms with Gasteiger partial charge in [0.05, 0.1) is 18.5 Å². The standard InChI is InChI=1S/C16H26N4O3/c21-16(18-6-8-19-7-5-17-13-19)20(11-14-3-1-9-22-14)12-15-4-2-10-23-15/h5,7,13-15H,1-4,6,8-12H2,(H,18,21). The van der Waals surface area contributed by atoms with Gasteiger partial charge < -0.3 is 24.3 Å². The molecule has 2 atom stereocenters. The Morgan fingerprint density at radius 1 is 1.22 bits per heavy atom. The van der Waals surface area contributed by atoms with Gasteiger partial charge >= 0.3 is 6.03 Å². The molecule has 1 N–H and O–H groups in total. The lowest BCUT2D eigenvalue weighted by Gasteiger charge is -2.28.